The molecule has 0 fully saturated rings. The van der Waals surface area contributed by atoms with Gasteiger partial charge in [-0.05, 0) is 6.08 Å². The number of aliphatic hydroxyl groups excluding tert-OH is 1. The molecule has 0 aromatic heterocycles. The number of carboxylic acid groups (broad SMARTS) is 1. The predicted molar refractivity (Wildman–Crippen MR) is 58.6 cm³/mol. The van der Waals surface area contributed by atoms with Crippen LogP contribution in [0.15, 0.2) is 24.0 Å². The van der Waals surface area contributed by atoms with Crippen molar-refractivity contribution >= 4 is 23.1 Å². The van der Waals surface area contributed by atoms with Crippen LogP contribution in [0.5, 0.6) is 0 Å². The molecule has 0 aromatic rings. The number of ether oxygens (including phenoxy) is 1. The van der Waals surface area contributed by atoms with E-state index in [1.54, 1.807) is 6.08 Å². The monoisotopic (exact) mass is 228 g/mol. The van der Waals surface area contributed by atoms with E-state index in [-0.39, 0.29) is 13.0 Å². The molecule has 0 aliphatic heterocycles. The highest BCUT2D eigenvalue weighted by Crippen LogP contribution is 2.11. The first-order valence-corrected chi connectivity index (χ1v) is 4.96. The van der Waals surface area contributed by atoms with Gasteiger partial charge in [-0.3, -0.25) is 0 Å². The molecule has 5 heteroatoms. The molecule has 0 saturated heterocycles. The highest BCUT2D eigenvalue weighted by molar-refractivity contribution is 7.80. The summed E-state index contributed by atoms with van der Waals surface area (Å²) in [6, 6.07) is 0. The summed E-state index contributed by atoms with van der Waals surface area (Å²) in [4.78, 5) is 11.0. The van der Waals surface area contributed by atoms with Crippen molar-refractivity contribution in [3.63, 3.8) is 0 Å². The second-order valence-electron chi connectivity index (χ2n) is 3.08. The smallest absolute Gasteiger partial charge is 0.332 e. The first-order valence-electron chi connectivity index (χ1n) is 4.55. The number of hydrogen-bond acceptors (Lipinski definition) is 4. The average Bonchev–Trinajstić information content (AvgIpc) is 2.20. The number of carbonyl (C=O) groups is 1. The Balaban J connectivity index is 2.31. The summed E-state index contributed by atoms with van der Waals surface area (Å²) in [5, 5.41) is 17.4. The van der Waals surface area contributed by atoms with Gasteiger partial charge < -0.3 is 14.9 Å². The van der Waals surface area contributed by atoms with E-state index in [0.717, 1.165) is 0 Å². The highest BCUT2D eigenvalue weighted by atomic mass is 32.1. The van der Waals surface area contributed by atoms with Crippen LogP contribution in [0.1, 0.15) is 12.8 Å². The van der Waals surface area contributed by atoms with Crippen molar-refractivity contribution in [2.45, 2.75) is 18.9 Å². The lowest BCUT2D eigenvalue weighted by Crippen LogP contribution is -2.21. The summed E-state index contributed by atoms with van der Waals surface area (Å²) in [5.41, 5.74) is 0. The van der Waals surface area contributed by atoms with Crippen LogP contribution < -0.4 is 0 Å². The van der Waals surface area contributed by atoms with Crippen LogP contribution in [0.25, 0.3) is 0 Å². The van der Waals surface area contributed by atoms with Gasteiger partial charge in [0.05, 0.1) is 11.5 Å². The fraction of sp³-hybridized carbons (Fsp3) is 0.400. The molecule has 0 heterocycles. The number of aliphatic hydroxyl groups is 1. The maximum absolute atomic E-state index is 10.3. The molecule has 2 N–H and O–H groups in total. The molecule has 4 nitrogen and oxygen atoms in total. The number of thiocarbonyl (C=S) groups is 1. The van der Waals surface area contributed by atoms with Crippen molar-refractivity contribution in [2.24, 2.45) is 0 Å². The molecular formula is C10H12O4S. The molecule has 0 amide bonds. The fourth-order valence-electron chi connectivity index (χ4n) is 1.06. The molecule has 1 rings (SSSR count). The SMILES string of the molecule is O=C(O)C(O)CCOC1=CC=CCC1=S. The van der Waals surface area contributed by atoms with E-state index in [1.165, 1.54) is 0 Å². The lowest BCUT2D eigenvalue weighted by Gasteiger charge is -2.13. The van der Waals surface area contributed by atoms with Crippen molar-refractivity contribution in [3.8, 4) is 0 Å². The molecule has 0 aromatic carbocycles. The van der Waals surface area contributed by atoms with Gasteiger partial charge in [-0.1, -0.05) is 24.4 Å². The molecule has 0 bridgehead atoms. The minimum atomic E-state index is -1.38. The lowest BCUT2D eigenvalue weighted by atomic mass is 10.1. The maximum atomic E-state index is 10.3. The predicted octanol–water partition coefficient (Wildman–Crippen LogP) is 1.05. The van der Waals surface area contributed by atoms with Gasteiger partial charge in [0, 0.05) is 12.8 Å². The lowest BCUT2D eigenvalue weighted by molar-refractivity contribution is -0.147. The van der Waals surface area contributed by atoms with Crippen LogP contribution in [-0.4, -0.2) is 33.8 Å². The summed E-state index contributed by atoms with van der Waals surface area (Å²) in [5.74, 6) is -0.649. The van der Waals surface area contributed by atoms with Crippen LogP contribution in [0.2, 0.25) is 0 Å². The molecule has 0 radical (unpaired) electrons. The number of allylic oxidation sites excluding steroid dienone is 4. The molecule has 1 unspecified atom stereocenters. The average molecular weight is 228 g/mol. The largest absolute Gasteiger partial charge is 0.492 e. The Morgan fingerprint density at radius 1 is 1.67 bits per heavy atom. The van der Waals surface area contributed by atoms with E-state index in [4.69, 9.17) is 27.2 Å². The van der Waals surface area contributed by atoms with Gasteiger partial charge in [0.15, 0.2) is 6.10 Å². The first-order chi connectivity index (χ1) is 7.11. The summed E-state index contributed by atoms with van der Waals surface area (Å²) >= 11 is 5.03. The number of rotatable bonds is 5. The molecular weight excluding hydrogens is 216 g/mol. The van der Waals surface area contributed by atoms with Gasteiger partial charge in [0.25, 0.3) is 0 Å². The second kappa shape index (κ2) is 5.63. The standard InChI is InChI=1S/C10H12O4S/c11-7(10(12)13)5-6-14-8-3-1-2-4-9(8)15/h1-3,7,11H,4-6H2,(H,12,13). The van der Waals surface area contributed by atoms with Gasteiger partial charge in [-0.2, -0.15) is 0 Å². The normalized spacial score (nSPS) is 17.1. The molecule has 1 aliphatic rings. The Morgan fingerprint density at radius 3 is 3.00 bits per heavy atom. The molecule has 0 saturated carbocycles. The molecule has 1 aliphatic carbocycles. The van der Waals surface area contributed by atoms with Crippen LogP contribution in [0.3, 0.4) is 0 Å². The van der Waals surface area contributed by atoms with Crippen LogP contribution >= 0.6 is 12.2 Å². The van der Waals surface area contributed by atoms with E-state index < -0.39 is 12.1 Å². The number of hydrogen-bond donors (Lipinski definition) is 2. The summed E-state index contributed by atoms with van der Waals surface area (Å²) in [7, 11) is 0. The topological polar surface area (TPSA) is 66.8 Å². The van der Waals surface area contributed by atoms with Crippen molar-refractivity contribution in [2.75, 3.05) is 6.61 Å². The van der Waals surface area contributed by atoms with E-state index in [2.05, 4.69) is 0 Å². The zero-order valence-electron chi connectivity index (χ0n) is 8.05. The summed E-state index contributed by atoms with van der Waals surface area (Å²) < 4.78 is 5.26. The third-order valence-electron chi connectivity index (χ3n) is 1.90. The quantitative estimate of drug-likeness (QED) is 0.688. The van der Waals surface area contributed by atoms with Gasteiger partial charge in [0.2, 0.25) is 0 Å². The second-order valence-corrected chi connectivity index (χ2v) is 3.57. The minimum Gasteiger partial charge on any atom is -0.492 e. The third-order valence-corrected chi connectivity index (χ3v) is 2.26. The van der Waals surface area contributed by atoms with Crippen LogP contribution in [0, 0.1) is 0 Å². The van der Waals surface area contributed by atoms with Gasteiger partial charge >= 0.3 is 5.97 Å². The Bertz CT molecular complexity index is 319. The summed E-state index contributed by atoms with van der Waals surface area (Å²) in [6.07, 6.45) is 4.83. The molecule has 0 spiro atoms. The van der Waals surface area contributed by atoms with E-state index in [9.17, 15) is 4.79 Å². The Kier molecular flexibility index (Phi) is 4.45. The fourth-order valence-corrected chi connectivity index (χ4v) is 1.28. The van der Waals surface area contributed by atoms with Crippen molar-refractivity contribution < 1.29 is 19.7 Å². The Labute approximate surface area is 92.9 Å². The molecule has 82 valence electrons. The number of aliphatic carboxylic acids is 1. The minimum absolute atomic E-state index is 0.0546. The highest BCUT2D eigenvalue weighted by Gasteiger charge is 2.14. The van der Waals surface area contributed by atoms with Crippen molar-refractivity contribution in [1.29, 1.82) is 0 Å². The maximum Gasteiger partial charge on any atom is 0.332 e. The van der Waals surface area contributed by atoms with E-state index in [0.29, 0.717) is 17.0 Å². The Morgan fingerprint density at radius 2 is 2.40 bits per heavy atom. The Hall–Kier alpha value is -1.20. The zero-order chi connectivity index (χ0) is 11.3. The van der Waals surface area contributed by atoms with E-state index >= 15 is 0 Å². The summed E-state index contributed by atoms with van der Waals surface area (Å²) in [6.45, 7) is 0.146. The van der Waals surface area contributed by atoms with Gasteiger partial charge in [0.1, 0.15) is 5.76 Å². The van der Waals surface area contributed by atoms with E-state index in [1.807, 2.05) is 12.2 Å². The zero-order valence-corrected chi connectivity index (χ0v) is 8.87. The van der Waals surface area contributed by atoms with Gasteiger partial charge in [-0.15, -0.1) is 0 Å². The molecule has 1 atom stereocenters. The van der Waals surface area contributed by atoms with Gasteiger partial charge in [-0.25, -0.2) is 4.79 Å². The van der Waals surface area contributed by atoms with Crippen molar-refractivity contribution in [1.82, 2.24) is 0 Å². The van der Waals surface area contributed by atoms with Crippen LogP contribution in [0.4, 0.5) is 0 Å². The molecule has 15 heavy (non-hydrogen) atoms. The third kappa shape index (κ3) is 3.81. The van der Waals surface area contributed by atoms with Crippen molar-refractivity contribution in [3.05, 3.63) is 24.0 Å². The first kappa shape index (κ1) is 11.9. The van der Waals surface area contributed by atoms with Crippen LogP contribution in [-0.2, 0) is 9.53 Å². The number of carboxylic acids is 1.